The molecule has 0 saturated heterocycles. The zero-order valence-electron chi connectivity index (χ0n) is 22.4. The topological polar surface area (TPSA) is 119 Å². The van der Waals surface area contributed by atoms with Crippen LogP contribution in [-0.2, 0) is 14.4 Å². The van der Waals surface area contributed by atoms with E-state index in [0.29, 0.717) is 54.8 Å². The highest BCUT2D eigenvalue weighted by Crippen LogP contribution is 2.68. The third-order valence-corrected chi connectivity index (χ3v) is 11.2. The van der Waals surface area contributed by atoms with Gasteiger partial charge in [-0.3, -0.25) is 4.79 Å². The lowest BCUT2D eigenvalue weighted by Crippen LogP contribution is -2.58. The fourth-order valence-corrected chi connectivity index (χ4v) is 9.32. The van der Waals surface area contributed by atoms with Gasteiger partial charge in [-0.1, -0.05) is 20.8 Å². The highest BCUT2D eigenvalue weighted by atomic mass is 16.9. The molecular formula is C28H47NO7. The van der Waals surface area contributed by atoms with Gasteiger partial charge in [0.15, 0.2) is 0 Å². The van der Waals surface area contributed by atoms with Crippen LogP contribution in [0.4, 0.5) is 0 Å². The van der Waals surface area contributed by atoms with Gasteiger partial charge in [-0.2, -0.15) is 0 Å². The first-order valence-corrected chi connectivity index (χ1v) is 14.3. The van der Waals surface area contributed by atoms with E-state index in [0.717, 1.165) is 32.1 Å². The average Bonchev–Trinajstić information content (AvgIpc) is 3.18. The predicted octanol–water partition coefficient (Wildman–Crippen LogP) is 4.93. The molecule has 4 fully saturated rings. The number of carbonyl (C=O) groups is 1. The van der Waals surface area contributed by atoms with Crippen molar-refractivity contribution in [2.75, 3.05) is 13.2 Å². The number of esters is 1. The van der Waals surface area contributed by atoms with E-state index in [1.54, 1.807) is 0 Å². The van der Waals surface area contributed by atoms with Crippen LogP contribution in [0.3, 0.4) is 0 Å². The van der Waals surface area contributed by atoms with E-state index in [2.05, 4.69) is 25.6 Å². The highest BCUT2D eigenvalue weighted by Gasteiger charge is 2.62. The molecule has 0 bridgehead atoms. The van der Waals surface area contributed by atoms with Crippen molar-refractivity contribution in [1.29, 1.82) is 0 Å². The van der Waals surface area contributed by atoms with E-state index < -0.39 is 5.09 Å². The molecule has 4 aliphatic carbocycles. The van der Waals surface area contributed by atoms with Gasteiger partial charge in [0.1, 0.15) is 0 Å². The Morgan fingerprint density at radius 1 is 1.03 bits per heavy atom. The fourth-order valence-electron chi connectivity index (χ4n) is 9.32. The molecule has 8 unspecified atom stereocenters. The van der Waals surface area contributed by atoms with E-state index in [9.17, 15) is 25.1 Å². The Morgan fingerprint density at radius 3 is 2.47 bits per heavy atom. The maximum atomic E-state index is 12.3. The summed E-state index contributed by atoms with van der Waals surface area (Å²) >= 11 is 0. The van der Waals surface area contributed by atoms with Crippen molar-refractivity contribution in [3.05, 3.63) is 10.1 Å². The zero-order valence-corrected chi connectivity index (χ0v) is 22.4. The number of carbonyl (C=O) groups excluding carboxylic acids is 1. The summed E-state index contributed by atoms with van der Waals surface area (Å²) in [6, 6.07) is 0. The number of aliphatic hydroxyl groups excluding tert-OH is 2. The average molecular weight is 510 g/mol. The first kappa shape index (κ1) is 27.6. The lowest BCUT2D eigenvalue weighted by atomic mass is 9.43. The molecule has 10 atom stereocenters. The fraction of sp³-hybridized carbons (Fsp3) is 0.964. The Kier molecular flexibility index (Phi) is 8.55. The SMILES string of the molecule is CC(CCC(=O)OCCCCO[N+](=O)[O-])[C@H]1CCC2C3C(O)CC4C[C@H](O)CCC4(C)C3CCC21C. The normalized spacial score (nSPS) is 42.5. The minimum atomic E-state index is -0.804. The van der Waals surface area contributed by atoms with Crippen LogP contribution in [0.2, 0.25) is 0 Å². The van der Waals surface area contributed by atoms with Crippen LogP contribution in [0.15, 0.2) is 0 Å². The molecule has 0 amide bonds. The molecule has 36 heavy (non-hydrogen) atoms. The summed E-state index contributed by atoms with van der Waals surface area (Å²) in [7, 11) is 0. The van der Waals surface area contributed by atoms with Crippen LogP contribution >= 0.6 is 0 Å². The minimum Gasteiger partial charge on any atom is -0.466 e. The Morgan fingerprint density at radius 2 is 1.72 bits per heavy atom. The summed E-state index contributed by atoms with van der Waals surface area (Å²) in [6.45, 7) is 7.49. The third kappa shape index (κ3) is 5.40. The maximum absolute atomic E-state index is 12.3. The van der Waals surface area contributed by atoms with E-state index in [1.807, 2.05) is 0 Å². The molecule has 2 N–H and O–H groups in total. The quantitative estimate of drug-likeness (QED) is 0.186. The lowest BCUT2D eigenvalue weighted by molar-refractivity contribution is -0.757. The maximum Gasteiger partial charge on any atom is 0.305 e. The third-order valence-electron chi connectivity index (χ3n) is 11.2. The van der Waals surface area contributed by atoms with Crippen LogP contribution in [-0.4, -0.2) is 46.7 Å². The second kappa shape index (κ2) is 11.1. The molecule has 0 aromatic carbocycles. The van der Waals surface area contributed by atoms with Crippen molar-refractivity contribution in [3.63, 3.8) is 0 Å². The van der Waals surface area contributed by atoms with Crippen molar-refractivity contribution in [3.8, 4) is 0 Å². The van der Waals surface area contributed by atoms with Gasteiger partial charge >= 0.3 is 5.97 Å². The molecule has 4 aliphatic rings. The monoisotopic (exact) mass is 509 g/mol. The molecule has 8 heteroatoms. The van der Waals surface area contributed by atoms with Crippen LogP contribution in [0.1, 0.15) is 97.8 Å². The summed E-state index contributed by atoms with van der Waals surface area (Å²) in [5.74, 6) is 2.68. The smallest absolute Gasteiger partial charge is 0.305 e. The summed E-state index contributed by atoms with van der Waals surface area (Å²) in [5.41, 5.74) is 0.452. The van der Waals surface area contributed by atoms with E-state index in [4.69, 9.17) is 4.74 Å². The van der Waals surface area contributed by atoms with Gasteiger partial charge in [-0.15, -0.1) is 10.1 Å². The highest BCUT2D eigenvalue weighted by molar-refractivity contribution is 5.69. The summed E-state index contributed by atoms with van der Waals surface area (Å²) < 4.78 is 5.33. The molecular weight excluding hydrogens is 462 g/mol. The van der Waals surface area contributed by atoms with Gasteiger partial charge in [0.2, 0.25) is 0 Å². The summed E-state index contributed by atoms with van der Waals surface area (Å²) in [5, 5.41) is 31.0. The minimum absolute atomic E-state index is 0.0291. The number of hydrogen-bond donors (Lipinski definition) is 2. The van der Waals surface area contributed by atoms with Gasteiger partial charge in [0.25, 0.3) is 5.09 Å². The first-order valence-electron chi connectivity index (χ1n) is 14.3. The molecule has 206 valence electrons. The van der Waals surface area contributed by atoms with Gasteiger partial charge in [-0.25, -0.2) is 0 Å². The largest absolute Gasteiger partial charge is 0.466 e. The summed E-state index contributed by atoms with van der Waals surface area (Å²) in [4.78, 5) is 26.7. The van der Waals surface area contributed by atoms with Crippen LogP contribution in [0.25, 0.3) is 0 Å². The van der Waals surface area contributed by atoms with Crippen LogP contribution in [0.5, 0.6) is 0 Å². The Bertz CT molecular complexity index is 792. The Labute approximate surface area is 215 Å². The lowest BCUT2D eigenvalue weighted by Gasteiger charge is -2.62. The van der Waals surface area contributed by atoms with Crippen molar-refractivity contribution in [2.45, 2.75) is 110 Å². The number of aliphatic hydroxyl groups is 2. The molecule has 0 radical (unpaired) electrons. The number of rotatable bonds is 10. The Hall–Kier alpha value is -1.41. The first-order chi connectivity index (χ1) is 17.1. The van der Waals surface area contributed by atoms with Crippen LogP contribution < -0.4 is 0 Å². The number of hydrogen-bond acceptors (Lipinski definition) is 7. The van der Waals surface area contributed by atoms with Gasteiger partial charge in [-0.05, 0) is 117 Å². The predicted molar refractivity (Wildman–Crippen MR) is 134 cm³/mol. The summed E-state index contributed by atoms with van der Waals surface area (Å²) in [6.07, 6.45) is 10.2. The molecule has 0 aromatic heterocycles. The van der Waals surface area contributed by atoms with Gasteiger partial charge in [0.05, 0.1) is 25.4 Å². The molecule has 0 aromatic rings. The molecule has 4 rings (SSSR count). The number of fused-ring (bicyclic) bond motifs is 5. The van der Waals surface area contributed by atoms with E-state index in [1.165, 1.54) is 25.7 Å². The molecule has 8 nitrogen and oxygen atoms in total. The van der Waals surface area contributed by atoms with Crippen molar-refractivity contribution in [2.24, 2.45) is 46.3 Å². The van der Waals surface area contributed by atoms with Crippen molar-refractivity contribution in [1.82, 2.24) is 0 Å². The second-order valence-electron chi connectivity index (χ2n) is 13.0. The molecule has 0 spiro atoms. The Balaban J connectivity index is 1.30. The van der Waals surface area contributed by atoms with E-state index in [-0.39, 0.29) is 42.2 Å². The second-order valence-corrected chi connectivity index (χ2v) is 13.0. The number of unbranched alkanes of at least 4 members (excludes halogenated alkanes) is 1. The van der Waals surface area contributed by atoms with E-state index >= 15 is 0 Å². The number of nitrogens with zero attached hydrogens (tertiary/aromatic N) is 1. The molecule has 0 aliphatic heterocycles. The zero-order chi connectivity index (χ0) is 26.1. The van der Waals surface area contributed by atoms with Gasteiger partial charge < -0.3 is 19.8 Å². The van der Waals surface area contributed by atoms with Crippen molar-refractivity contribution < 1.29 is 29.7 Å². The molecule has 4 saturated carbocycles. The standard InChI is InChI=1S/C28H47NO7/c1-18(6-9-25(32)35-14-4-5-15-36-29(33)34)21-7-8-22-26-23(11-13-28(21,22)3)27(2)12-10-20(30)16-19(27)17-24(26)31/h18-24,26,30-31H,4-17H2,1-3H3/t18?,19?,20-,21-,22?,23?,24?,26?,27?,28?/m1/s1. The van der Waals surface area contributed by atoms with Crippen molar-refractivity contribution >= 4 is 5.97 Å². The molecule has 0 heterocycles. The van der Waals surface area contributed by atoms with Gasteiger partial charge in [0, 0.05) is 6.42 Å². The number of ether oxygens (including phenoxy) is 1. The van der Waals surface area contributed by atoms with Crippen LogP contribution in [0, 0.1) is 56.5 Å².